The van der Waals surface area contributed by atoms with Crippen LogP contribution in [0.25, 0.3) is 0 Å². The number of ether oxygens (including phenoxy) is 2. The molecule has 1 aliphatic rings. The number of hydrogen-bond donors (Lipinski definition) is 1. The van der Waals surface area contributed by atoms with Crippen molar-refractivity contribution < 1.29 is 24.2 Å². The summed E-state index contributed by atoms with van der Waals surface area (Å²) < 4.78 is 9.94. The average molecular weight is 251 g/mol. The van der Waals surface area contributed by atoms with Crippen molar-refractivity contribution in [3.8, 4) is 0 Å². The molecule has 1 N–H and O–H groups in total. The Kier molecular flexibility index (Phi) is 3.78. The molecule has 0 bridgehead atoms. The van der Waals surface area contributed by atoms with E-state index >= 15 is 0 Å². The highest BCUT2D eigenvalue weighted by molar-refractivity contribution is 5.77. The van der Waals surface area contributed by atoms with Gasteiger partial charge < -0.3 is 14.6 Å². The molecule has 96 valence electrons. The van der Waals surface area contributed by atoms with Crippen LogP contribution in [0.5, 0.6) is 0 Å². The first-order valence-electron chi connectivity index (χ1n) is 5.47. The normalized spacial score (nSPS) is 17.0. The lowest BCUT2D eigenvalue weighted by Gasteiger charge is -2.17. The number of nitrogens with zero attached hydrogens (tertiary/aromatic N) is 1. The van der Waals surface area contributed by atoms with Crippen LogP contribution in [-0.2, 0) is 20.9 Å². The second-order valence-corrected chi connectivity index (χ2v) is 3.85. The van der Waals surface area contributed by atoms with E-state index in [2.05, 4.69) is 0 Å². The van der Waals surface area contributed by atoms with E-state index in [-0.39, 0.29) is 6.61 Å². The Hall–Kier alpha value is -2.08. The molecule has 1 saturated heterocycles. The Labute approximate surface area is 104 Å². The van der Waals surface area contributed by atoms with Gasteiger partial charge in [0, 0.05) is 0 Å². The molecule has 1 fully saturated rings. The van der Waals surface area contributed by atoms with Crippen LogP contribution in [-0.4, -0.2) is 41.4 Å². The summed E-state index contributed by atoms with van der Waals surface area (Å²) in [5, 5.41) is 8.69. The van der Waals surface area contributed by atoms with Crippen LogP contribution in [0.15, 0.2) is 30.3 Å². The molecule has 1 aromatic carbocycles. The summed E-state index contributed by atoms with van der Waals surface area (Å²) in [5.41, 5.74) is 0.845. The lowest BCUT2D eigenvalue weighted by Crippen LogP contribution is -2.38. The second kappa shape index (κ2) is 5.50. The minimum atomic E-state index is -1.10. The van der Waals surface area contributed by atoms with Crippen molar-refractivity contribution in [2.45, 2.75) is 12.8 Å². The van der Waals surface area contributed by atoms with Gasteiger partial charge in [-0.15, -0.1) is 0 Å². The Bertz CT molecular complexity index is 429. The highest BCUT2D eigenvalue weighted by Gasteiger charge is 2.36. The van der Waals surface area contributed by atoms with Gasteiger partial charge in [0.1, 0.15) is 13.2 Å². The molecule has 1 aliphatic heterocycles. The van der Waals surface area contributed by atoms with E-state index in [4.69, 9.17) is 14.6 Å². The molecule has 0 aromatic heterocycles. The van der Waals surface area contributed by atoms with Crippen LogP contribution in [0.4, 0.5) is 4.79 Å². The van der Waals surface area contributed by atoms with Crippen molar-refractivity contribution in [3.63, 3.8) is 0 Å². The predicted octanol–water partition coefficient (Wildman–Crippen LogP) is 1.07. The van der Waals surface area contributed by atoms with E-state index < -0.39 is 24.8 Å². The molecule has 6 heteroatoms. The van der Waals surface area contributed by atoms with Crippen molar-refractivity contribution in [3.05, 3.63) is 35.9 Å². The molecule has 1 aromatic rings. The van der Waals surface area contributed by atoms with Gasteiger partial charge in [-0.05, 0) is 5.56 Å². The number of benzene rings is 1. The minimum absolute atomic E-state index is 0.114. The first kappa shape index (κ1) is 12.4. The highest BCUT2D eigenvalue weighted by Crippen LogP contribution is 2.16. The third-order valence-corrected chi connectivity index (χ3v) is 2.41. The summed E-state index contributed by atoms with van der Waals surface area (Å²) in [4.78, 5) is 23.4. The monoisotopic (exact) mass is 251 g/mol. The molecule has 1 amide bonds. The van der Waals surface area contributed by atoms with Crippen molar-refractivity contribution in [1.29, 1.82) is 0 Å². The molecule has 0 saturated carbocycles. The van der Waals surface area contributed by atoms with Crippen LogP contribution in [0, 0.1) is 0 Å². The highest BCUT2D eigenvalue weighted by atomic mass is 16.6. The summed E-state index contributed by atoms with van der Waals surface area (Å²) in [6.45, 7) is 0.0501. The first-order valence-corrected chi connectivity index (χ1v) is 5.47. The predicted molar refractivity (Wildman–Crippen MR) is 60.7 cm³/mol. The van der Waals surface area contributed by atoms with E-state index in [1.807, 2.05) is 30.3 Å². The molecule has 1 heterocycles. The van der Waals surface area contributed by atoms with Crippen molar-refractivity contribution in [1.82, 2.24) is 4.90 Å². The number of carbonyl (C=O) groups excluding carboxylic acids is 1. The van der Waals surface area contributed by atoms with Crippen molar-refractivity contribution >= 4 is 12.1 Å². The zero-order valence-corrected chi connectivity index (χ0v) is 9.61. The number of carbonyl (C=O) groups is 2. The van der Waals surface area contributed by atoms with Gasteiger partial charge >= 0.3 is 12.1 Å². The zero-order valence-electron chi connectivity index (χ0n) is 9.61. The van der Waals surface area contributed by atoms with Gasteiger partial charge in [-0.25, -0.2) is 4.79 Å². The van der Waals surface area contributed by atoms with Gasteiger partial charge in [-0.2, -0.15) is 0 Å². The Balaban J connectivity index is 1.87. The van der Waals surface area contributed by atoms with Crippen molar-refractivity contribution in [2.75, 3.05) is 13.2 Å². The van der Waals surface area contributed by atoms with Gasteiger partial charge in [0.25, 0.3) is 0 Å². The smallest absolute Gasteiger partial charge is 0.412 e. The molecule has 0 radical (unpaired) electrons. The molecule has 18 heavy (non-hydrogen) atoms. The second-order valence-electron chi connectivity index (χ2n) is 3.85. The van der Waals surface area contributed by atoms with Crippen LogP contribution in [0.3, 0.4) is 0 Å². The fourth-order valence-electron chi connectivity index (χ4n) is 1.45. The summed E-state index contributed by atoms with van der Waals surface area (Å²) in [7, 11) is 0. The molecular weight excluding hydrogens is 238 g/mol. The third kappa shape index (κ3) is 3.46. The lowest BCUT2D eigenvalue weighted by atomic mass is 10.2. The van der Waals surface area contributed by atoms with Gasteiger partial charge in [0.2, 0.25) is 0 Å². The number of aliphatic carboxylic acids is 1. The van der Waals surface area contributed by atoms with E-state index in [0.29, 0.717) is 6.61 Å². The van der Waals surface area contributed by atoms with E-state index in [1.54, 1.807) is 0 Å². The lowest BCUT2D eigenvalue weighted by molar-refractivity contribution is -0.138. The standard InChI is InChI=1S/C12H13NO5/c14-11(15)6-13(10-8-17-10)12(16)18-7-9-4-2-1-3-5-9/h1-5,10H,6-8H2,(H,14,15). The summed E-state index contributed by atoms with van der Waals surface area (Å²) in [5.74, 6) is -1.10. The van der Waals surface area contributed by atoms with Crippen LogP contribution < -0.4 is 0 Å². The number of amides is 1. The fourth-order valence-corrected chi connectivity index (χ4v) is 1.45. The van der Waals surface area contributed by atoms with Gasteiger partial charge in [0.15, 0.2) is 6.23 Å². The average Bonchev–Trinajstić information content (AvgIpc) is 3.18. The minimum Gasteiger partial charge on any atom is -0.480 e. The maximum absolute atomic E-state index is 11.7. The number of carboxylic acid groups (broad SMARTS) is 1. The maximum atomic E-state index is 11.7. The topological polar surface area (TPSA) is 79.4 Å². The van der Waals surface area contributed by atoms with Gasteiger partial charge in [0.05, 0.1) is 6.61 Å². The third-order valence-electron chi connectivity index (χ3n) is 2.41. The molecular formula is C12H13NO5. The zero-order chi connectivity index (χ0) is 13.0. The quantitative estimate of drug-likeness (QED) is 0.792. The maximum Gasteiger partial charge on any atom is 0.412 e. The fraction of sp³-hybridized carbons (Fsp3) is 0.333. The first-order chi connectivity index (χ1) is 8.66. The van der Waals surface area contributed by atoms with E-state index in [9.17, 15) is 9.59 Å². The number of carboxylic acids is 1. The number of rotatable bonds is 5. The Morgan fingerprint density at radius 3 is 2.61 bits per heavy atom. The number of epoxide rings is 1. The molecule has 6 nitrogen and oxygen atoms in total. The SMILES string of the molecule is O=C(O)CN(C(=O)OCc1ccccc1)C1CO1. The van der Waals surface area contributed by atoms with Crippen LogP contribution in [0.1, 0.15) is 5.56 Å². The number of hydrogen-bond acceptors (Lipinski definition) is 4. The van der Waals surface area contributed by atoms with E-state index in [1.165, 1.54) is 0 Å². The van der Waals surface area contributed by atoms with Crippen molar-refractivity contribution in [2.24, 2.45) is 0 Å². The molecule has 0 aliphatic carbocycles. The van der Waals surface area contributed by atoms with Crippen LogP contribution >= 0.6 is 0 Å². The van der Waals surface area contributed by atoms with E-state index in [0.717, 1.165) is 10.5 Å². The summed E-state index contributed by atoms with van der Waals surface area (Å²) >= 11 is 0. The van der Waals surface area contributed by atoms with Gasteiger partial charge in [-0.1, -0.05) is 30.3 Å². The van der Waals surface area contributed by atoms with Crippen LogP contribution in [0.2, 0.25) is 0 Å². The Morgan fingerprint density at radius 1 is 1.39 bits per heavy atom. The van der Waals surface area contributed by atoms with Gasteiger partial charge in [-0.3, -0.25) is 9.69 Å². The molecule has 2 rings (SSSR count). The molecule has 0 spiro atoms. The molecule has 1 atom stereocenters. The molecule has 1 unspecified atom stereocenters. The summed E-state index contributed by atoms with van der Waals surface area (Å²) in [6.07, 6.45) is -1.15. The largest absolute Gasteiger partial charge is 0.480 e. The summed E-state index contributed by atoms with van der Waals surface area (Å²) in [6, 6.07) is 9.18. The Morgan fingerprint density at radius 2 is 2.06 bits per heavy atom.